The highest BCUT2D eigenvalue weighted by molar-refractivity contribution is 7.99. The lowest BCUT2D eigenvalue weighted by atomic mass is 10.4. The average molecular weight is 192 g/mol. The minimum absolute atomic E-state index is 0.336. The van der Waals surface area contributed by atoms with Crippen molar-refractivity contribution in [3.8, 4) is 0 Å². The summed E-state index contributed by atoms with van der Waals surface area (Å²) >= 11 is 1.81. The molecule has 1 heterocycles. The molecule has 1 aromatic carbocycles. The van der Waals surface area contributed by atoms with Gasteiger partial charge < -0.3 is 10.2 Å². The van der Waals surface area contributed by atoms with E-state index >= 15 is 0 Å². The Kier molecular flexibility index (Phi) is 2.45. The maximum atomic E-state index is 3.26. The van der Waals surface area contributed by atoms with E-state index in [0.29, 0.717) is 5.50 Å². The van der Waals surface area contributed by atoms with E-state index in [1.54, 1.807) is 0 Å². The van der Waals surface area contributed by atoms with Crippen molar-refractivity contribution in [2.45, 2.75) is 10.4 Å². The van der Waals surface area contributed by atoms with Crippen LogP contribution in [0.15, 0.2) is 47.6 Å². The second-order valence-electron chi connectivity index (χ2n) is 2.93. The number of nitrogens with one attached hydrogen (secondary N) is 1. The normalized spacial score (nSPS) is 20.4. The Labute approximate surface area is 82.6 Å². The summed E-state index contributed by atoms with van der Waals surface area (Å²) in [5.41, 5.74) is 0.336. The van der Waals surface area contributed by atoms with Gasteiger partial charge in [-0.2, -0.15) is 0 Å². The van der Waals surface area contributed by atoms with Crippen LogP contribution in [-0.4, -0.2) is 17.4 Å². The lowest BCUT2D eigenvalue weighted by Gasteiger charge is -2.19. The first-order valence-corrected chi connectivity index (χ1v) is 5.10. The second-order valence-corrected chi connectivity index (χ2v) is 4.08. The Morgan fingerprint density at radius 1 is 1.31 bits per heavy atom. The summed E-state index contributed by atoms with van der Waals surface area (Å²) in [6, 6.07) is 10.4. The zero-order chi connectivity index (χ0) is 9.10. The fourth-order valence-electron chi connectivity index (χ4n) is 1.18. The molecule has 2 nitrogen and oxygen atoms in total. The van der Waals surface area contributed by atoms with Gasteiger partial charge in [0, 0.05) is 24.3 Å². The maximum Gasteiger partial charge on any atom is 0.151 e. The molecule has 1 aliphatic heterocycles. The van der Waals surface area contributed by atoms with Gasteiger partial charge in [-0.25, -0.2) is 0 Å². The fraction of sp³-hybridized carbons (Fsp3) is 0.200. The Bertz CT molecular complexity index is 297. The van der Waals surface area contributed by atoms with E-state index in [4.69, 9.17) is 0 Å². The Balaban J connectivity index is 1.99. The van der Waals surface area contributed by atoms with Crippen LogP contribution >= 0.6 is 11.8 Å². The molecule has 1 aliphatic rings. The van der Waals surface area contributed by atoms with Crippen LogP contribution in [-0.2, 0) is 0 Å². The molecule has 0 aliphatic carbocycles. The van der Waals surface area contributed by atoms with Crippen molar-refractivity contribution in [1.29, 1.82) is 0 Å². The summed E-state index contributed by atoms with van der Waals surface area (Å²) in [4.78, 5) is 3.44. The number of benzene rings is 1. The number of nitrogens with zero attached hydrogens (tertiary/aromatic N) is 1. The van der Waals surface area contributed by atoms with Crippen LogP contribution < -0.4 is 5.32 Å². The van der Waals surface area contributed by atoms with E-state index in [0.717, 1.165) is 0 Å². The van der Waals surface area contributed by atoms with Crippen LogP contribution in [0.5, 0.6) is 0 Å². The number of rotatable bonds is 2. The minimum atomic E-state index is 0.336. The van der Waals surface area contributed by atoms with Gasteiger partial charge in [0.2, 0.25) is 0 Å². The molecule has 0 spiro atoms. The van der Waals surface area contributed by atoms with Gasteiger partial charge in [-0.05, 0) is 12.1 Å². The van der Waals surface area contributed by atoms with Crippen molar-refractivity contribution in [2.75, 3.05) is 7.05 Å². The van der Waals surface area contributed by atoms with Gasteiger partial charge in [0.1, 0.15) is 0 Å². The zero-order valence-corrected chi connectivity index (χ0v) is 8.29. The fourth-order valence-corrected chi connectivity index (χ4v) is 2.14. The van der Waals surface area contributed by atoms with Crippen LogP contribution in [0, 0.1) is 0 Å². The van der Waals surface area contributed by atoms with Gasteiger partial charge in [0.15, 0.2) is 5.50 Å². The number of hydrogen-bond acceptors (Lipinski definition) is 3. The number of hydrogen-bond donors (Lipinski definition) is 1. The first-order valence-electron chi connectivity index (χ1n) is 4.22. The highest BCUT2D eigenvalue weighted by atomic mass is 32.2. The lowest BCUT2D eigenvalue weighted by molar-refractivity contribution is 0.437. The molecular weight excluding hydrogens is 180 g/mol. The molecule has 0 aromatic heterocycles. The quantitative estimate of drug-likeness (QED) is 0.772. The standard InChI is InChI=1S/C10H12N2S/c1-12-8-7-11-10(12)13-9-5-3-2-4-6-9/h2-8,10-11H,1H3. The third-order valence-electron chi connectivity index (χ3n) is 1.91. The van der Waals surface area contributed by atoms with Gasteiger partial charge in [-0.1, -0.05) is 30.0 Å². The molecule has 13 heavy (non-hydrogen) atoms. The molecule has 0 fully saturated rings. The van der Waals surface area contributed by atoms with Crippen LogP contribution in [0.2, 0.25) is 0 Å². The smallest absolute Gasteiger partial charge is 0.151 e. The minimum Gasteiger partial charge on any atom is -0.361 e. The third kappa shape index (κ3) is 1.98. The molecule has 1 N–H and O–H groups in total. The van der Waals surface area contributed by atoms with E-state index in [9.17, 15) is 0 Å². The number of thioether (sulfide) groups is 1. The van der Waals surface area contributed by atoms with E-state index in [1.807, 2.05) is 30.2 Å². The van der Waals surface area contributed by atoms with Crippen LogP contribution in [0.1, 0.15) is 0 Å². The van der Waals surface area contributed by atoms with Crippen LogP contribution in [0.3, 0.4) is 0 Å². The SMILES string of the molecule is CN1C=CNC1Sc1ccccc1. The summed E-state index contributed by atoms with van der Waals surface area (Å²) in [6.07, 6.45) is 4.02. The van der Waals surface area contributed by atoms with Gasteiger partial charge >= 0.3 is 0 Å². The molecule has 1 unspecified atom stereocenters. The van der Waals surface area contributed by atoms with Gasteiger partial charge in [-0.3, -0.25) is 0 Å². The third-order valence-corrected chi connectivity index (χ3v) is 3.15. The van der Waals surface area contributed by atoms with E-state index in [2.05, 4.69) is 41.5 Å². The van der Waals surface area contributed by atoms with E-state index < -0.39 is 0 Å². The largest absolute Gasteiger partial charge is 0.361 e. The van der Waals surface area contributed by atoms with Crippen molar-refractivity contribution in [3.63, 3.8) is 0 Å². The predicted octanol–water partition coefficient (Wildman–Crippen LogP) is 2.07. The molecule has 0 radical (unpaired) electrons. The van der Waals surface area contributed by atoms with Crippen molar-refractivity contribution in [2.24, 2.45) is 0 Å². The molecule has 0 amide bonds. The van der Waals surface area contributed by atoms with Crippen molar-refractivity contribution in [3.05, 3.63) is 42.7 Å². The van der Waals surface area contributed by atoms with Crippen molar-refractivity contribution < 1.29 is 0 Å². The van der Waals surface area contributed by atoms with Crippen molar-refractivity contribution in [1.82, 2.24) is 10.2 Å². The molecular formula is C10H12N2S. The predicted molar refractivity (Wildman–Crippen MR) is 56.1 cm³/mol. The highest BCUT2D eigenvalue weighted by Gasteiger charge is 2.14. The highest BCUT2D eigenvalue weighted by Crippen LogP contribution is 2.24. The van der Waals surface area contributed by atoms with Crippen molar-refractivity contribution >= 4 is 11.8 Å². The van der Waals surface area contributed by atoms with Gasteiger partial charge in [0.25, 0.3) is 0 Å². The Morgan fingerprint density at radius 2 is 2.08 bits per heavy atom. The van der Waals surface area contributed by atoms with Gasteiger partial charge in [0.05, 0.1) is 0 Å². The van der Waals surface area contributed by atoms with E-state index in [1.165, 1.54) is 4.90 Å². The summed E-state index contributed by atoms with van der Waals surface area (Å²) in [5, 5.41) is 3.26. The summed E-state index contributed by atoms with van der Waals surface area (Å²) < 4.78 is 0. The lowest BCUT2D eigenvalue weighted by Crippen LogP contribution is -2.28. The molecule has 1 atom stereocenters. The van der Waals surface area contributed by atoms with Crippen LogP contribution in [0.25, 0.3) is 0 Å². The molecule has 1 aromatic rings. The Hall–Kier alpha value is -1.09. The summed E-state index contributed by atoms with van der Waals surface area (Å²) in [6.45, 7) is 0. The maximum absolute atomic E-state index is 3.26. The first-order chi connectivity index (χ1) is 6.36. The monoisotopic (exact) mass is 192 g/mol. The van der Waals surface area contributed by atoms with Gasteiger partial charge in [-0.15, -0.1) is 0 Å². The zero-order valence-electron chi connectivity index (χ0n) is 7.47. The topological polar surface area (TPSA) is 15.3 Å². The molecule has 3 heteroatoms. The molecule has 68 valence electrons. The summed E-state index contributed by atoms with van der Waals surface area (Å²) in [5.74, 6) is 0. The molecule has 2 rings (SSSR count). The molecule has 0 saturated carbocycles. The first kappa shape index (κ1) is 8.51. The summed E-state index contributed by atoms with van der Waals surface area (Å²) in [7, 11) is 2.07. The van der Waals surface area contributed by atoms with Crippen LogP contribution in [0.4, 0.5) is 0 Å². The van der Waals surface area contributed by atoms with E-state index in [-0.39, 0.29) is 0 Å². The molecule has 0 saturated heterocycles. The molecule has 0 bridgehead atoms. The Morgan fingerprint density at radius 3 is 2.69 bits per heavy atom. The average Bonchev–Trinajstić information content (AvgIpc) is 2.54. The second kappa shape index (κ2) is 3.75.